The van der Waals surface area contributed by atoms with E-state index >= 15 is 0 Å². The molecule has 0 aliphatic carbocycles. The summed E-state index contributed by atoms with van der Waals surface area (Å²) in [4.78, 5) is 117. The first-order valence-corrected chi connectivity index (χ1v) is 21.0. The highest BCUT2D eigenvalue weighted by Gasteiger charge is 2.39. The van der Waals surface area contributed by atoms with Crippen LogP contribution in [0.4, 0.5) is 13.2 Å². The summed E-state index contributed by atoms with van der Waals surface area (Å²) in [6.07, 6.45) is -9.31. The molecule has 19 nitrogen and oxygen atoms in total. The van der Waals surface area contributed by atoms with Crippen LogP contribution >= 0.6 is 0 Å². The minimum absolute atomic E-state index is 0.0265. The Labute approximate surface area is 378 Å². The molecule has 0 bridgehead atoms. The molecular formula is C44H57F3N6O13. The van der Waals surface area contributed by atoms with Crippen molar-refractivity contribution in [3.05, 3.63) is 59.2 Å². The summed E-state index contributed by atoms with van der Waals surface area (Å²) >= 11 is 0. The van der Waals surface area contributed by atoms with Gasteiger partial charge < -0.3 is 56.4 Å². The maximum absolute atomic E-state index is 14.3. The van der Waals surface area contributed by atoms with Crippen molar-refractivity contribution in [3.8, 4) is 11.5 Å². The zero-order valence-electron chi connectivity index (χ0n) is 37.3. The number of carboxylic acid groups (broad SMARTS) is 2. The lowest BCUT2D eigenvalue weighted by Crippen LogP contribution is -2.62. The summed E-state index contributed by atoms with van der Waals surface area (Å²) in [5.74, 6) is -8.35. The van der Waals surface area contributed by atoms with E-state index in [4.69, 9.17) is 9.47 Å². The van der Waals surface area contributed by atoms with Crippen LogP contribution < -0.4 is 41.4 Å². The summed E-state index contributed by atoms with van der Waals surface area (Å²) in [6.45, 7) is 9.75. The van der Waals surface area contributed by atoms with Gasteiger partial charge in [-0.25, -0.2) is 0 Å². The molecule has 6 amide bonds. The third-order valence-corrected chi connectivity index (χ3v) is 10.1. The highest BCUT2D eigenvalue weighted by Crippen LogP contribution is 2.32. The number of aryl methyl sites for hydroxylation is 1. The number of carbonyl (C=O) groups excluding carboxylic acids is 7. The number of amides is 6. The number of fused-ring (bicyclic) bond motifs is 1. The van der Waals surface area contributed by atoms with Crippen LogP contribution in [0.3, 0.4) is 0 Å². The molecule has 2 unspecified atom stereocenters. The van der Waals surface area contributed by atoms with Gasteiger partial charge in [0.2, 0.25) is 42.2 Å². The van der Waals surface area contributed by atoms with Gasteiger partial charge in [-0.05, 0) is 59.9 Å². The lowest BCUT2D eigenvalue weighted by Gasteiger charge is -2.34. The molecular weight excluding hydrogens is 878 g/mol. The Bertz CT molecular complexity index is 2110. The summed E-state index contributed by atoms with van der Waals surface area (Å²) < 4.78 is 49.8. The predicted octanol–water partition coefficient (Wildman–Crippen LogP) is 2.00. The molecule has 66 heavy (non-hydrogen) atoms. The number of carbonyl (C=O) groups is 9. The van der Waals surface area contributed by atoms with E-state index in [0.717, 1.165) is 0 Å². The molecule has 3 rings (SSSR count). The van der Waals surface area contributed by atoms with Crippen LogP contribution in [0.2, 0.25) is 0 Å². The molecule has 6 atom stereocenters. The van der Waals surface area contributed by atoms with Crippen molar-refractivity contribution in [3.63, 3.8) is 0 Å². The SMILES string of the molecule is Cc1ccccc1C[C@H](NC(=O)C(CCC(=O)O)NC(=O)[C@H](CC(=O)O)NC(=O)Cc1ccc2c(c1)OCO2)C(=O)N[C@H](C(=O)N[C@@H](CC(C)C)C(=O)NC(C=O)CC(F)(F)F)C(C)(C)C. The van der Waals surface area contributed by atoms with Crippen molar-refractivity contribution in [1.82, 2.24) is 31.9 Å². The molecule has 1 heterocycles. The number of carboxylic acids is 2. The Morgan fingerprint density at radius 1 is 0.727 bits per heavy atom. The highest BCUT2D eigenvalue weighted by molar-refractivity contribution is 5.98. The molecule has 0 fully saturated rings. The maximum Gasteiger partial charge on any atom is 0.391 e. The average Bonchev–Trinajstić information content (AvgIpc) is 3.67. The van der Waals surface area contributed by atoms with E-state index in [2.05, 4.69) is 26.6 Å². The van der Waals surface area contributed by atoms with Gasteiger partial charge in [0.05, 0.1) is 25.3 Å². The van der Waals surface area contributed by atoms with Gasteiger partial charge >= 0.3 is 18.1 Å². The quantitative estimate of drug-likeness (QED) is 0.0701. The van der Waals surface area contributed by atoms with E-state index in [0.29, 0.717) is 28.2 Å². The normalized spacial score (nSPS) is 14.9. The molecule has 362 valence electrons. The van der Waals surface area contributed by atoms with E-state index < -0.39 is 121 Å². The molecule has 0 spiro atoms. The summed E-state index contributed by atoms with van der Waals surface area (Å²) in [5, 5.41) is 33.4. The van der Waals surface area contributed by atoms with Crippen LogP contribution in [0.15, 0.2) is 42.5 Å². The largest absolute Gasteiger partial charge is 0.481 e. The van der Waals surface area contributed by atoms with Gasteiger partial charge in [0.15, 0.2) is 11.5 Å². The smallest absolute Gasteiger partial charge is 0.391 e. The first-order chi connectivity index (χ1) is 30.8. The first kappa shape index (κ1) is 53.6. The number of hydrogen-bond acceptors (Lipinski definition) is 11. The topological polar surface area (TPSA) is 285 Å². The Balaban J connectivity index is 1.90. The van der Waals surface area contributed by atoms with E-state index in [1.807, 2.05) is 5.32 Å². The molecule has 0 saturated heterocycles. The first-order valence-electron chi connectivity index (χ1n) is 21.0. The summed E-state index contributed by atoms with van der Waals surface area (Å²) in [7, 11) is 0. The molecule has 0 radical (unpaired) electrons. The third kappa shape index (κ3) is 17.7. The maximum atomic E-state index is 14.3. The number of alkyl halides is 3. The van der Waals surface area contributed by atoms with Crippen molar-refractivity contribution >= 4 is 53.7 Å². The Morgan fingerprint density at radius 3 is 1.91 bits per heavy atom. The van der Waals surface area contributed by atoms with E-state index in [9.17, 15) is 66.5 Å². The molecule has 1 aliphatic rings. The van der Waals surface area contributed by atoms with Gasteiger partial charge in [0.25, 0.3) is 0 Å². The number of halogens is 3. The predicted molar refractivity (Wildman–Crippen MR) is 228 cm³/mol. The van der Waals surface area contributed by atoms with Gasteiger partial charge in [0, 0.05) is 12.8 Å². The summed E-state index contributed by atoms with van der Waals surface area (Å²) in [6, 6.07) is 1.54. The second-order valence-corrected chi connectivity index (χ2v) is 17.3. The molecule has 2 aromatic carbocycles. The average molecular weight is 935 g/mol. The van der Waals surface area contributed by atoms with Gasteiger partial charge in [-0.2, -0.15) is 13.2 Å². The zero-order chi connectivity index (χ0) is 49.5. The third-order valence-electron chi connectivity index (χ3n) is 10.1. The van der Waals surface area contributed by atoms with E-state index in [-0.39, 0.29) is 38.3 Å². The molecule has 1 aliphatic heterocycles. The molecule has 0 saturated carbocycles. The second kappa shape index (κ2) is 24.0. The standard InChI is InChI=1S/C44H57F3N6O13/c1-23(2)15-29(39(61)48-27(21-54)20-44(45,46)47)52-42(64)37(43(4,5)6)53-41(63)30(18-26-10-8-7-9-24(26)3)51-38(60)28(12-14-35(56)57)50-40(62)31(19-36(58)59)49-34(55)17-25-11-13-32-33(16-25)66-22-65-32/h7-11,13,16,21,23,27-31,37H,12,14-15,17-20,22H2,1-6H3,(H,48,61)(H,49,55)(H,50,62)(H,51,60)(H,52,64)(H,53,63)(H,56,57)(H,58,59)/t27?,28?,29-,30-,31-,37+/m0/s1. The molecule has 22 heteroatoms. The molecule has 0 aromatic heterocycles. The Morgan fingerprint density at radius 2 is 1.32 bits per heavy atom. The van der Waals surface area contributed by atoms with E-state index in [1.165, 1.54) is 6.07 Å². The van der Waals surface area contributed by atoms with Crippen molar-refractivity contribution in [2.45, 2.75) is 129 Å². The lowest BCUT2D eigenvalue weighted by atomic mass is 9.85. The molecule has 8 N–H and O–H groups in total. The van der Waals surface area contributed by atoms with Crippen LogP contribution in [0, 0.1) is 18.3 Å². The van der Waals surface area contributed by atoms with Crippen molar-refractivity contribution < 1.29 is 76.0 Å². The number of hydrogen-bond donors (Lipinski definition) is 8. The highest BCUT2D eigenvalue weighted by atomic mass is 19.4. The molecule has 2 aromatic rings. The van der Waals surface area contributed by atoms with Crippen LogP contribution in [-0.4, -0.2) is 113 Å². The van der Waals surface area contributed by atoms with Crippen molar-refractivity contribution in [2.24, 2.45) is 11.3 Å². The van der Waals surface area contributed by atoms with Gasteiger partial charge in [-0.1, -0.05) is 65.0 Å². The van der Waals surface area contributed by atoms with Crippen LogP contribution in [0.5, 0.6) is 11.5 Å². The number of aliphatic carboxylic acids is 2. The van der Waals surface area contributed by atoms with Crippen LogP contribution in [0.25, 0.3) is 0 Å². The second-order valence-electron chi connectivity index (χ2n) is 17.3. The number of benzene rings is 2. The fourth-order valence-electron chi connectivity index (χ4n) is 6.76. The number of nitrogens with one attached hydrogen (secondary N) is 6. The Hall–Kier alpha value is -6.74. The number of ether oxygens (including phenoxy) is 2. The number of aldehydes is 1. The minimum Gasteiger partial charge on any atom is -0.481 e. The number of rotatable bonds is 24. The van der Waals surface area contributed by atoms with Crippen LogP contribution in [-0.2, 0) is 56.0 Å². The minimum atomic E-state index is -4.79. The zero-order valence-corrected chi connectivity index (χ0v) is 37.3. The van der Waals surface area contributed by atoms with Gasteiger partial charge in [-0.3, -0.25) is 38.4 Å². The van der Waals surface area contributed by atoms with Gasteiger partial charge in [0.1, 0.15) is 36.5 Å². The van der Waals surface area contributed by atoms with Crippen molar-refractivity contribution in [1.29, 1.82) is 0 Å². The Kier molecular flexibility index (Phi) is 19.5. The monoisotopic (exact) mass is 934 g/mol. The lowest BCUT2D eigenvalue weighted by molar-refractivity contribution is -0.147. The van der Waals surface area contributed by atoms with E-state index in [1.54, 1.807) is 77.9 Å². The fraction of sp³-hybridized carbons (Fsp3) is 0.523. The van der Waals surface area contributed by atoms with Crippen LogP contribution in [0.1, 0.15) is 83.4 Å². The van der Waals surface area contributed by atoms with Gasteiger partial charge in [-0.15, -0.1) is 0 Å². The summed E-state index contributed by atoms with van der Waals surface area (Å²) in [5.41, 5.74) is 0.536. The van der Waals surface area contributed by atoms with Crippen molar-refractivity contribution in [2.75, 3.05) is 6.79 Å². The fourth-order valence-corrected chi connectivity index (χ4v) is 6.76.